The van der Waals surface area contributed by atoms with Crippen LogP contribution in [0.3, 0.4) is 0 Å². The molecule has 0 aliphatic heterocycles. The second kappa shape index (κ2) is 9.34. The standard InChI is InChI=1S/C31H42ClNO4/c1-17(7-10-26-33-24-6-4-5-23(32)28(24)29(36)37-26)20-8-9-21-27-22(12-14-31(20,21)3)30(2)13-11-19(34)15-18(30)16-25(27)35/h4-6,17-22,25,27,34-35H,7-16H2,1-3H3/t17-,18+,19-,20-,21+,22?,25+,27+,30+,31-/m1/s1. The highest BCUT2D eigenvalue weighted by atomic mass is 35.5. The Kier molecular flexibility index (Phi) is 6.52. The molecule has 4 aliphatic carbocycles. The van der Waals surface area contributed by atoms with Crippen LogP contribution >= 0.6 is 11.6 Å². The molecule has 0 amide bonds. The van der Waals surface area contributed by atoms with Gasteiger partial charge < -0.3 is 14.6 Å². The normalized spacial score (nSPS) is 42.2. The fourth-order valence-electron chi connectivity index (χ4n) is 9.96. The molecule has 4 fully saturated rings. The summed E-state index contributed by atoms with van der Waals surface area (Å²) in [5, 5.41) is 22.5. The van der Waals surface area contributed by atoms with E-state index in [-0.39, 0.29) is 23.0 Å². The summed E-state index contributed by atoms with van der Waals surface area (Å²) < 4.78 is 5.57. The number of rotatable bonds is 4. The van der Waals surface area contributed by atoms with E-state index < -0.39 is 5.63 Å². The lowest BCUT2D eigenvalue weighted by atomic mass is 9.43. The van der Waals surface area contributed by atoms with Crippen molar-refractivity contribution in [3.05, 3.63) is 39.5 Å². The molecule has 37 heavy (non-hydrogen) atoms. The first-order valence-electron chi connectivity index (χ1n) is 14.6. The molecule has 1 unspecified atom stereocenters. The van der Waals surface area contributed by atoms with Crippen molar-refractivity contribution in [2.45, 2.75) is 97.2 Å². The van der Waals surface area contributed by atoms with Crippen LogP contribution in [0.25, 0.3) is 10.9 Å². The minimum atomic E-state index is -0.405. The minimum absolute atomic E-state index is 0.189. The van der Waals surface area contributed by atoms with Gasteiger partial charge in [0.05, 0.1) is 22.7 Å². The van der Waals surface area contributed by atoms with Crippen LogP contribution in [-0.2, 0) is 6.42 Å². The zero-order chi connectivity index (χ0) is 26.1. The lowest BCUT2D eigenvalue weighted by Crippen LogP contribution is -2.58. The summed E-state index contributed by atoms with van der Waals surface area (Å²) in [7, 11) is 0. The van der Waals surface area contributed by atoms with E-state index in [1.165, 1.54) is 25.7 Å². The van der Waals surface area contributed by atoms with Crippen molar-refractivity contribution in [3.63, 3.8) is 0 Å². The molecule has 5 nitrogen and oxygen atoms in total. The third kappa shape index (κ3) is 4.10. The van der Waals surface area contributed by atoms with Gasteiger partial charge in [-0.05, 0) is 116 Å². The van der Waals surface area contributed by atoms with Crippen molar-refractivity contribution in [2.24, 2.45) is 46.3 Å². The third-order valence-electron chi connectivity index (χ3n) is 11.9. The van der Waals surface area contributed by atoms with Gasteiger partial charge in [-0.3, -0.25) is 0 Å². The van der Waals surface area contributed by atoms with E-state index in [4.69, 9.17) is 16.0 Å². The molecule has 6 heteroatoms. The molecule has 0 radical (unpaired) electrons. The number of halogens is 1. The van der Waals surface area contributed by atoms with Crippen LogP contribution < -0.4 is 5.63 Å². The molecule has 2 N–H and O–H groups in total. The number of aliphatic hydroxyl groups excluding tert-OH is 2. The highest BCUT2D eigenvalue weighted by Crippen LogP contribution is 2.68. The van der Waals surface area contributed by atoms with Gasteiger partial charge in [-0.25, -0.2) is 9.78 Å². The first-order chi connectivity index (χ1) is 17.6. The fourth-order valence-corrected chi connectivity index (χ4v) is 10.2. The summed E-state index contributed by atoms with van der Waals surface area (Å²) in [5.41, 5.74) is 0.698. The van der Waals surface area contributed by atoms with Crippen molar-refractivity contribution >= 4 is 22.5 Å². The molecule has 4 saturated carbocycles. The van der Waals surface area contributed by atoms with Gasteiger partial charge >= 0.3 is 5.63 Å². The van der Waals surface area contributed by atoms with Gasteiger partial charge in [0.1, 0.15) is 5.39 Å². The van der Waals surface area contributed by atoms with Crippen LogP contribution in [0.5, 0.6) is 0 Å². The minimum Gasteiger partial charge on any atom is -0.408 e. The Hall–Kier alpha value is -1.43. The maximum atomic E-state index is 12.5. The van der Waals surface area contributed by atoms with Gasteiger partial charge in [0, 0.05) is 6.42 Å². The lowest BCUT2D eigenvalue weighted by Gasteiger charge is -2.62. The molecule has 1 aromatic carbocycles. The second-order valence-corrected chi connectivity index (χ2v) is 13.9. The molecule has 1 aromatic heterocycles. The van der Waals surface area contributed by atoms with Gasteiger partial charge in [0.25, 0.3) is 0 Å². The predicted octanol–water partition coefficient (Wildman–Crippen LogP) is 6.40. The monoisotopic (exact) mass is 527 g/mol. The summed E-state index contributed by atoms with van der Waals surface area (Å²) in [4.78, 5) is 17.1. The SMILES string of the molecule is C[C@H](CCc1nc2cccc(Cl)c2c(=O)o1)[C@H]1CC[C@H]2[C@H]3C(CC[C@]12C)[C@@]1(C)CC[C@@H](O)C[C@H]1C[C@@H]3O. The Morgan fingerprint density at radius 2 is 1.84 bits per heavy atom. The van der Waals surface area contributed by atoms with Crippen LogP contribution in [0.4, 0.5) is 0 Å². The second-order valence-electron chi connectivity index (χ2n) is 13.5. The summed E-state index contributed by atoms with van der Waals surface area (Å²) in [5.74, 6) is 3.56. The first-order valence-corrected chi connectivity index (χ1v) is 14.9. The van der Waals surface area contributed by atoms with E-state index in [1.54, 1.807) is 6.07 Å². The molecule has 0 spiro atoms. The molecule has 0 bridgehead atoms. The molecule has 2 aromatic rings. The Morgan fingerprint density at radius 1 is 1.08 bits per heavy atom. The van der Waals surface area contributed by atoms with Crippen molar-refractivity contribution < 1.29 is 14.6 Å². The van der Waals surface area contributed by atoms with Crippen LogP contribution in [0, 0.1) is 46.3 Å². The van der Waals surface area contributed by atoms with Crippen LogP contribution in [0.2, 0.25) is 5.02 Å². The summed E-state index contributed by atoms with van der Waals surface area (Å²) in [6, 6.07) is 5.33. The molecule has 4 aliphatic rings. The van der Waals surface area contributed by atoms with Crippen molar-refractivity contribution in [3.8, 4) is 0 Å². The number of aliphatic hydroxyl groups is 2. The quantitative estimate of drug-likeness (QED) is 0.480. The van der Waals surface area contributed by atoms with E-state index in [2.05, 4.69) is 25.8 Å². The Morgan fingerprint density at radius 3 is 2.65 bits per heavy atom. The van der Waals surface area contributed by atoms with Gasteiger partial charge in [0.2, 0.25) is 0 Å². The number of hydrogen-bond acceptors (Lipinski definition) is 5. The maximum Gasteiger partial charge on any atom is 0.348 e. The highest BCUT2D eigenvalue weighted by Gasteiger charge is 2.62. The van der Waals surface area contributed by atoms with E-state index in [0.717, 1.165) is 32.1 Å². The van der Waals surface area contributed by atoms with Gasteiger partial charge in [-0.1, -0.05) is 38.4 Å². The van der Waals surface area contributed by atoms with Crippen molar-refractivity contribution in [1.82, 2.24) is 4.98 Å². The van der Waals surface area contributed by atoms with Gasteiger partial charge in [-0.2, -0.15) is 0 Å². The molecule has 6 rings (SSSR count). The van der Waals surface area contributed by atoms with Crippen LogP contribution in [0.1, 0.15) is 84.4 Å². The number of hydrogen-bond donors (Lipinski definition) is 2. The number of aromatic nitrogens is 1. The van der Waals surface area contributed by atoms with E-state index in [0.29, 0.717) is 63.7 Å². The first kappa shape index (κ1) is 25.8. The summed E-state index contributed by atoms with van der Waals surface area (Å²) in [6.45, 7) is 7.34. The van der Waals surface area contributed by atoms with E-state index in [1.807, 2.05) is 12.1 Å². The number of fused-ring (bicyclic) bond motifs is 6. The summed E-state index contributed by atoms with van der Waals surface area (Å²) >= 11 is 6.19. The van der Waals surface area contributed by atoms with E-state index in [9.17, 15) is 15.0 Å². The summed E-state index contributed by atoms with van der Waals surface area (Å²) in [6.07, 6.45) is 9.73. The van der Waals surface area contributed by atoms with E-state index >= 15 is 0 Å². The van der Waals surface area contributed by atoms with Crippen LogP contribution in [-0.4, -0.2) is 27.4 Å². The molecule has 10 atom stereocenters. The molecule has 1 heterocycles. The zero-order valence-electron chi connectivity index (χ0n) is 22.5. The topological polar surface area (TPSA) is 83.6 Å². The Balaban J connectivity index is 1.18. The molecule has 202 valence electrons. The van der Waals surface area contributed by atoms with Crippen molar-refractivity contribution in [2.75, 3.05) is 0 Å². The molecular weight excluding hydrogens is 486 g/mol. The zero-order valence-corrected chi connectivity index (χ0v) is 23.2. The fraction of sp³-hybridized carbons (Fsp3) is 0.742. The highest BCUT2D eigenvalue weighted by molar-refractivity contribution is 6.35. The smallest absolute Gasteiger partial charge is 0.348 e. The largest absolute Gasteiger partial charge is 0.408 e. The van der Waals surface area contributed by atoms with Crippen LogP contribution in [0.15, 0.2) is 27.4 Å². The molecule has 0 saturated heterocycles. The maximum absolute atomic E-state index is 12.5. The third-order valence-corrected chi connectivity index (χ3v) is 12.2. The lowest BCUT2D eigenvalue weighted by molar-refractivity contribution is -0.174. The average molecular weight is 528 g/mol. The van der Waals surface area contributed by atoms with Gasteiger partial charge in [0.15, 0.2) is 5.89 Å². The average Bonchev–Trinajstić information content (AvgIpc) is 3.21. The van der Waals surface area contributed by atoms with Gasteiger partial charge in [-0.15, -0.1) is 0 Å². The number of benzene rings is 1. The number of aryl methyl sites for hydroxylation is 1. The molecular formula is C31H42ClNO4. The van der Waals surface area contributed by atoms with Crippen molar-refractivity contribution in [1.29, 1.82) is 0 Å². The predicted molar refractivity (Wildman–Crippen MR) is 145 cm³/mol. The Labute approximate surface area is 225 Å². The Bertz CT molecular complexity index is 1230. The number of nitrogens with zero attached hydrogens (tertiary/aromatic N) is 1.